The van der Waals surface area contributed by atoms with Gasteiger partial charge in [0.15, 0.2) is 5.69 Å². The van der Waals surface area contributed by atoms with Gasteiger partial charge in [-0.3, -0.25) is 14.4 Å². The van der Waals surface area contributed by atoms with Gasteiger partial charge in [0, 0.05) is 44.3 Å². The van der Waals surface area contributed by atoms with Gasteiger partial charge in [0.1, 0.15) is 5.76 Å². The Balaban J connectivity index is 1.61. The first-order valence-electron chi connectivity index (χ1n) is 9.47. The van der Waals surface area contributed by atoms with Gasteiger partial charge in [-0.1, -0.05) is 32.4 Å². The number of hydrogen-bond donors (Lipinski definition) is 0. The molecule has 3 rings (SSSR count). The zero-order valence-electron chi connectivity index (χ0n) is 16.5. The average Bonchev–Trinajstić information content (AvgIpc) is 3.16. The topological polar surface area (TPSA) is 67.4 Å². The molecule has 0 N–H and O–H groups in total. The van der Waals surface area contributed by atoms with Crippen molar-refractivity contribution in [1.29, 1.82) is 0 Å². The summed E-state index contributed by atoms with van der Waals surface area (Å²) in [4.78, 5) is 21.3. The van der Waals surface area contributed by atoms with Gasteiger partial charge in [0.05, 0.1) is 17.8 Å². The minimum atomic E-state index is -0.0970. The molecule has 148 valence electrons. The third-order valence-corrected chi connectivity index (χ3v) is 5.05. The van der Waals surface area contributed by atoms with E-state index in [1.165, 1.54) is 0 Å². The number of aromatic nitrogens is 3. The van der Waals surface area contributed by atoms with Gasteiger partial charge in [-0.25, -0.2) is 4.98 Å². The number of halogens is 1. The first-order chi connectivity index (χ1) is 12.8. The third-order valence-electron chi connectivity index (χ3n) is 4.77. The Morgan fingerprint density at radius 2 is 2.04 bits per heavy atom. The molecule has 0 saturated carbocycles. The van der Waals surface area contributed by atoms with Gasteiger partial charge in [0.25, 0.3) is 5.91 Å². The van der Waals surface area contributed by atoms with Crippen LogP contribution in [0.5, 0.6) is 0 Å². The van der Waals surface area contributed by atoms with Crippen molar-refractivity contribution in [2.24, 2.45) is 0 Å². The molecule has 2 aromatic rings. The van der Waals surface area contributed by atoms with Gasteiger partial charge in [-0.15, -0.1) is 0 Å². The maximum Gasteiger partial charge on any atom is 0.275 e. The Kier molecular flexibility index (Phi) is 5.91. The number of hydrogen-bond acceptors (Lipinski definition) is 5. The third kappa shape index (κ3) is 4.71. The summed E-state index contributed by atoms with van der Waals surface area (Å²) in [5.74, 6) is 1.52. The minimum Gasteiger partial charge on any atom is -0.444 e. The SMILES string of the molecule is CCn1cc(Cl)c(C(=O)N2CCCN(Cc3ncc(C(C)(C)C)o3)CC2)n1. The number of carbonyl (C=O) groups is 1. The van der Waals surface area contributed by atoms with Crippen LogP contribution in [0.3, 0.4) is 0 Å². The lowest BCUT2D eigenvalue weighted by atomic mass is 9.94. The largest absolute Gasteiger partial charge is 0.444 e. The molecule has 0 atom stereocenters. The van der Waals surface area contributed by atoms with Crippen molar-refractivity contribution in [3.63, 3.8) is 0 Å². The molecule has 0 aromatic carbocycles. The molecule has 27 heavy (non-hydrogen) atoms. The second-order valence-electron chi connectivity index (χ2n) is 7.97. The van der Waals surface area contributed by atoms with Crippen LogP contribution in [-0.2, 0) is 18.5 Å². The highest BCUT2D eigenvalue weighted by Gasteiger charge is 2.25. The molecular weight excluding hydrogens is 366 g/mol. The van der Waals surface area contributed by atoms with Crippen LogP contribution in [0.2, 0.25) is 5.02 Å². The maximum absolute atomic E-state index is 12.8. The quantitative estimate of drug-likeness (QED) is 0.797. The molecule has 2 aromatic heterocycles. The van der Waals surface area contributed by atoms with Gasteiger partial charge in [-0.05, 0) is 13.3 Å². The second-order valence-corrected chi connectivity index (χ2v) is 8.38. The van der Waals surface area contributed by atoms with E-state index < -0.39 is 0 Å². The van der Waals surface area contributed by atoms with Crippen LogP contribution in [0.25, 0.3) is 0 Å². The highest BCUT2D eigenvalue weighted by atomic mass is 35.5. The van der Waals surface area contributed by atoms with Crippen LogP contribution >= 0.6 is 11.6 Å². The van der Waals surface area contributed by atoms with Crippen molar-refractivity contribution in [2.45, 2.75) is 52.6 Å². The zero-order chi connectivity index (χ0) is 19.6. The molecule has 0 spiro atoms. The van der Waals surface area contributed by atoms with Gasteiger partial charge < -0.3 is 9.32 Å². The highest BCUT2D eigenvalue weighted by molar-refractivity contribution is 6.33. The molecule has 0 unspecified atom stereocenters. The summed E-state index contributed by atoms with van der Waals surface area (Å²) in [5, 5.41) is 4.72. The number of oxazole rings is 1. The minimum absolute atomic E-state index is 0.0472. The Labute approximate surface area is 165 Å². The van der Waals surface area contributed by atoms with E-state index in [2.05, 4.69) is 35.8 Å². The molecular formula is C19H28ClN5O2. The van der Waals surface area contributed by atoms with E-state index in [4.69, 9.17) is 16.0 Å². The molecule has 1 fully saturated rings. The fourth-order valence-corrected chi connectivity index (χ4v) is 3.34. The van der Waals surface area contributed by atoms with Crippen molar-refractivity contribution >= 4 is 17.5 Å². The van der Waals surface area contributed by atoms with E-state index >= 15 is 0 Å². The van der Waals surface area contributed by atoms with E-state index in [9.17, 15) is 4.79 Å². The second kappa shape index (κ2) is 8.02. The fraction of sp³-hybridized carbons (Fsp3) is 0.632. The monoisotopic (exact) mass is 393 g/mol. The van der Waals surface area contributed by atoms with Crippen molar-refractivity contribution in [1.82, 2.24) is 24.6 Å². The summed E-state index contributed by atoms with van der Waals surface area (Å²) in [6.45, 7) is 12.6. The van der Waals surface area contributed by atoms with E-state index in [1.54, 1.807) is 10.9 Å². The van der Waals surface area contributed by atoms with Crippen molar-refractivity contribution in [2.75, 3.05) is 26.2 Å². The van der Waals surface area contributed by atoms with Crippen LogP contribution < -0.4 is 0 Å². The Hall–Kier alpha value is -1.86. The van der Waals surface area contributed by atoms with Crippen molar-refractivity contribution in [3.8, 4) is 0 Å². The smallest absolute Gasteiger partial charge is 0.275 e. The lowest BCUT2D eigenvalue weighted by molar-refractivity contribution is 0.0754. The lowest BCUT2D eigenvalue weighted by Gasteiger charge is -2.20. The summed E-state index contributed by atoms with van der Waals surface area (Å²) < 4.78 is 7.59. The van der Waals surface area contributed by atoms with E-state index in [0.717, 1.165) is 31.2 Å². The number of rotatable bonds is 4. The summed E-state index contributed by atoms with van der Waals surface area (Å²) in [6.07, 6.45) is 4.41. The Morgan fingerprint density at radius 3 is 2.67 bits per heavy atom. The van der Waals surface area contributed by atoms with Crippen LogP contribution in [-0.4, -0.2) is 56.7 Å². The predicted molar refractivity (Wildman–Crippen MR) is 104 cm³/mol. The predicted octanol–water partition coefficient (Wildman–Crippen LogP) is 3.19. The van der Waals surface area contributed by atoms with E-state index in [0.29, 0.717) is 36.9 Å². The first-order valence-corrected chi connectivity index (χ1v) is 9.85. The molecule has 3 heterocycles. The van der Waals surface area contributed by atoms with Gasteiger partial charge >= 0.3 is 0 Å². The average molecular weight is 394 g/mol. The normalized spacial score (nSPS) is 16.6. The standard InChI is InChI=1S/C19H28ClN5O2/c1-5-25-12-14(20)17(22-25)18(26)24-8-6-7-23(9-10-24)13-16-21-11-15(27-16)19(2,3)4/h11-12H,5-10,13H2,1-4H3. The molecule has 1 aliphatic heterocycles. The summed E-state index contributed by atoms with van der Waals surface area (Å²) in [6, 6.07) is 0. The molecule has 0 bridgehead atoms. The molecule has 1 aliphatic rings. The number of nitrogens with zero attached hydrogens (tertiary/aromatic N) is 5. The summed E-state index contributed by atoms with van der Waals surface area (Å²) in [7, 11) is 0. The van der Waals surface area contributed by atoms with Gasteiger partial charge in [0.2, 0.25) is 5.89 Å². The molecule has 1 saturated heterocycles. The number of aryl methyl sites for hydroxylation is 1. The van der Waals surface area contributed by atoms with Crippen LogP contribution in [0.4, 0.5) is 0 Å². The lowest BCUT2D eigenvalue weighted by Crippen LogP contribution is -2.35. The van der Waals surface area contributed by atoms with Crippen molar-refractivity contribution < 1.29 is 9.21 Å². The molecule has 7 nitrogen and oxygen atoms in total. The van der Waals surface area contributed by atoms with Crippen molar-refractivity contribution in [3.05, 3.63) is 34.8 Å². The van der Waals surface area contributed by atoms with Crippen LogP contribution in [0, 0.1) is 0 Å². The Morgan fingerprint density at radius 1 is 1.26 bits per heavy atom. The number of amides is 1. The first kappa shape index (κ1) is 19.9. The molecule has 0 aliphatic carbocycles. The molecule has 8 heteroatoms. The van der Waals surface area contributed by atoms with Crippen LogP contribution in [0.15, 0.2) is 16.8 Å². The summed E-state index contributed by atoms with van der Waals surface area (Å²) in [5.41, 5.74) is 0.295. The fourth-order valence-electron chi connectivity index (χ4n) is 3.11. The maximum atomic E-state index is 12.8. The van der Waals surface area contributed by atoms with Crippen LogP contribution in [0.1, 0.15) is 56.3 Å². The number of carbonyl (C=O) groups excluding carboxylic acids is 1. The molecule has 1 amide bonds. The summed E-state index contributed by atoms with van der Waals surface area (Å²) >= 11 is 6.19. The highest BCUT2D eigenvalue weighted by Crippen LogP contribution is 2.23. The molecule has 0 radical (unpaired) electrons. The van der Waals surface area contributed by atoms with E-state index in [1.807, 2.05) is 18.0 Å². The van der Waals surface area contributed by atoms with E-state index in [-0.39, 0.29) is 11.3 Å². The van der Waals surface area contributed by atoms with Gasteiger partial charge in [-0.2, -0.15) is 5.10 Å². The Bertz CT molecular complexity index is 792. The zero-order valence-corrected chi connectivity index (χ0v) is 17.3.